The van der Waals surface area contributed by atoms with Crippen molar-refractivity contribution in [3.63, 3.8) is 0 Å². The van der Waals surface area contributed by atoms with Crippen molar-refractivity contribution in [2.45, 2.75) is 45.2 Å². The first-order valence-electron chi connectivity index (χ1n) is 6.94. The van der Waals surface area contributed by atoms with Crippen LogP contribution in [0.1, 0.15) is 33.1 Å². The van der Waals surface area contributed by atoms with Crippen molar-refractivity contribution in [1.29, 1.82) is 0 Å². The number of carbonyl (C=O) groups excluding carboxylic acids is 3. The van der Waals surface area contributed by atoms with Gasteiger partial charge in [-0.2, -0.15) is 0 Å². The van der Waals surface area contributed by atoms with E-state index in [4.69, 9.17) is 0 Å². The number of amides is 2. The van der Waals surface area contributed by atoms with E-state index < -0.39 is 18.1 Å². The Morgan fingerprint density at radius 3 is 2.60 bits per heavy atom. The van der Waals surface area contributed by atoms with Gasteiger partial charge in [-0.3, -0.25) is 9.59 Å². The summed E-state index contributed by atoms with van der Waals surface area (Å²) in [6, 6.07) is -1.27. The highest BCUT2D eigenvalue weighted by atomic mass is 16.4. The first kappa shape index (κ1) is 16.4. The van der Waals surface area contributed by atoms with Crippen molar-refractivity contribution in [1.82, 2.24) is 10.2 Å². The van der Waals surface area contributed by atoms with E-state index in [1.807, 2.05) is 13.8 Å². The lowest BCUT2D eigenvalue weighted by atomic mass is 10.0. The minimum Gasteiger partial charge on any atom is -0.548 e. The van der Waals surface area contributed by atoms with Crippen molar-refractivity contribution in [2.24, 2.45) is 5.92 Å². The highest BCUT2D eigenvalue weighted by Gasteiger charge is 2.30. The van der Waals surface area contributed by atoms with Gasteiger partial charge in [-0.05, 0) is 18.8 Å². The molecule has 0 aromatic rings. The molecule has 1 saturated heterocycles. The van der Waals surface area contributed by atoms with Crippen molar-refractivity contribution in [3.05, 3.63) is 0 Å². The smallest absolute Gasteiger partial charge is 0.278 e. The van der Waals surface area contributed by atoms with Crippen LogP contribution >= 0.6 is 0 Å². The van der Waals surface area contributed by atoms with Crippen LogP contribution in [0.2, 0.25) is 0 Å². The molecule has 114 valence electrons. The van der Waals surface area contributed by atoms with E-state index in [2.05, 4.69) is 11.1 Å². The molecule has 4 N–H and O–H groups in total. The van der Waals surface area contributed by atoms with Crippen molar-refractivity contribution in [2.75, 3.05) is 13.1 Å². The fourth-order valence-electron chi connectivity index (χ4n) is 2.39. The molecule has 0 saturated carbocycles. The average Bonchev–Trinajstić information content (AvgIpc) is 2.83. The number of carboxylic acids is 1. The monoisotopic (exact) mass is 285 g/mol. The Labute approximate surface area is 118 Å². The predicted octanol–water partition coefficient (Wildman–Crippen LogP) is -2.50. The fraction of sp³-hybridized carbons (Fsp3) is 0.769. The molecule has 20 heavy (non-hydrogen) atoms. The topological polar surface area (TPSA) is 117 Å². The molecule has 0 bridgehead atoms. The lowest BCUT2D eigenvalue weighted by molar-refractivity contribution is -0.406. The Kier molecular flexibility index (Phi) is 5.94. The van der Waals surface area contributed by atoms with Crippen LogP contribution in [0.25, 0.3) is 0 Å². The van der Waals surface area contributed by atoms with Gasteiger partial charge in [0.1, 0.15) is 0 Å². The summed E-state index contributed by atoms with van der Waals surface area (Å²) in [5, 5.41) is 13.4. The van der Waals surface area contributed by atoms with Gasteiger partial charge in [0.25, 0.3) is 5.91 Å². The quantitative estimate of drug-likeness (QED) is 0.561. The van der Waals surface area contributed by atoms with Crippen LogP contribution in [0.15, 0.2) is 0 Å². The fourth-order valence-corrected chi connectivity index (χ4v) is 2.39. The van der Waals surface area contributed by atoms with E-state index in [9.17, 15) is 19.5 Å². The maximum atomic E-state index is 11.9. The molecule has 7 nitrogen and oxygen atoms in total. The van der Waals surface area contributed by atoms with Gasteiger partial charge in [-0.25, -0.2) is 0 Å². The molecule has 1 heterocycles. The number of rotatable bonds is 6. The predicted molar refractivity (Wildman–Crippen MR) is 68.9 cm³/mol. The second kappa shape index (κ2) is 7.23. The Morgan fingerprint density at radius 1 is 1.40 bits per heavy atom. The van der Waals surface area contributed by atoms with Crippen LogP contribution in [0, 0.1) is 5.92 Å². The summed E-state index contributed by atoms with van der Waals surface area (Å²) in [5.41, 5.74) is 3.76. The lowest BCUT2D eigenvalue weighted by Gasteiger charge is -2.25. The molecule has 0 radical (unpaired) electrons. The molecular weight excluding hydrogens is 262 g/mol. The third-order valence-corrected chi connectivity index (χ3v) is 3.39. The SMILES string of the molecule is CC(C)C[C@H]([NH3+])C(=O)NCC(=O)N1CCC[C@H]1C(=O)[O-]. The van der Waals surface area contributed by atoms with E-state index in [1.165, 1.54) is 4.90 Å². The zero-order valence-corrected chi connectivity index (χ0v) is 12.1. The van der Waals surface area contributed by atoms with Gasteiger partial charge in [0.15, 0.2) is 6.04 Å². The van der Waals surface area contributed by atoms with E-state index >= 15 is 0 Å². The second-order valence-corrected chi connectivity index (χ2v) is 5.61. The van der Waals surface area contributed by atoms with Crippen molar-refractivity contribution < 1.29 is 25.2 Å². The molecule has 1 rings (SSSR count). The standard InChI is InChI=1S/C13H23N3O4/c1-8(2)6-9(14)12(18)15-7-11(17)16-5-3-4-10(16)13(19)20/h8-10H,3-7,14H2,1-2H3,(H,15,18)(H,19,20)/t9-,10-/m0/s1. The molecular formula is C13H23N3O4. The average molecular weight is 285 g/mol. The Hall–Kier alpha value is -1.63. The maximum Gasteiger partial charge on any atom is 0.278 e. The number of aliphatic carboxylic acids is 1. The van der Waals surface area contributed by atoms with Crippen LogP contribution in [0.5, 0.6) is 0 Å². The summed E-state index contributed by atoms with van der Waals surface area (Å²) in [6.45, 7) is 4.19. The first-order chi connectivity index (χ1) is 9.32. The number of carboxylic acid groups (broad SMARTS) is 1. The molecule has 1 fully saturated rings. The molecule has 1 aliphatic rings. The molecule has 7 heteroatoms. The molecule has 2 amide bonds. The Morgan fingerprint density at radius 2 is 2.05 bits per heavy atom. The maximum absolute atomic E-state index is 11.9. The number of likely N-dealkylation sites (tertiary alicyclic amines) is 1. The molecule has 2 atom stereocenters. The van der Waals surface area contributed by atoms with Gasteiger partial charge >= 0.3 is 0 Å². The van der Waals surface area contributed by atoms with Crippen molar-refractivity contribution in [3.8, 4) is 0 Å². The van der Waals surface area contributed by atoms with Gasteiger partial charge in [-0.15, -0.1) is 0 Å². The zero-order valence-electron chi connectivity index (χ0n) is 12.1. The lowest BCUT2D eigenvalue weighted by Crippen LogP contribution is -2.68. The van der Waals surface area contributed by atoms with Gasteiger partial charge < -0.3 is 25.9 Å². The summed E-state index contributed by atoms with van der Waals surface area (Å²) in [5.74, 6) is -1.56. The molecule has 1 aliphatic heterocycles. The van der Waals surface area contributed by atoms with Crippen LogP contribution in [-0.4, -0.2) is 47.9 Å². The summed E-state index contributed by atoms with van der Waals surface area (Å²) in [4.78, 5) is 35.8. The normalized spacial score (nSPS) is 20.0. The third kappa shape index (κ3) is 4.48. The van der Waals surface area contributed by atoms with Crippen LogP contribution in [-0.2, 0) is 14.4 Å². The van der Waals surface area contributed by atoms with Gasteiger partial charge in [0, 0.05) is 13.0 Å². The number of carbonyl (C=O) groups is 3. The zero-order chi connectivity index (χ0) is 15.3. The number of nitrogens with zero attached hydrogens (tertiary/aromatic N) is 1. The van der Waals surface area contributed by atoms with E-state index in [1.54, 1.807) is 0 Å². The van der Waals surface area contributed by atoms with Crippen molar-refractivity contribution >= 4 is 17.8 Å². The van der Waals surface area contributed by atoms with Gasteiger partial charge in [0.2, 0.25) is 5.91 Å². The first-order valence-corrected chi connectivity index (χ1v) is 6.94. The Balaban J connectivity index is 2.43. The molecule has 0 unspecified atom stereocenters. The highest BCUT2D eigenvalue weighted by Crippen LogP contribution is 2.16. The van der Waals surface area contributed by atoms with Crippen LogP contribution in [0.4, 0.5) is 0 Å². The van der Waals surface area contributed by atoms with Gasteiger partial charge in [-0.1, -0.05) is 13.8 Å². The molecule has 0 spiro atoms. The second-order valence-electron chi connectivity index (χ2n) is 5.61. The third-order valence-electron chi connectivity index (χ3n) is 3.39. The number of quaternary nitrogens is 1. The largest absolute Gasteiger partial charge is 0.548 e. The Bertz CT molecular complexity index is 384. The van der Waals surface area contributed by atoms with E-state index in [0.717, 1.165) is 0 Å². The summed E-state index contributed by atoms with van der Waals surface area (Å²) >= 11 is 0. The molecule has 0 aromatic heterocycles. The molecule has 0 aromatic carbocycles. The highest BCUT2D eigenvalue weighted by molar-refractivity contribution is 5.89. The van der Waals surface area contributed by atoms with Gasteiger partial charge in [0.05, 0.1) is 18.6 Å². The van der Waals surface area contributed by atoms with E-state index in [-0.39, 0.29) is 18.4 Å². The number of hydrogen-bond acceptors (Lipinski definition) is 4. The summed E-state index contributed by atoms with van der Waals surface area (Å²) in [6.07, 6.45) is 1.70. The number of hydrogen-bond donors (Lipinski definition) is 2. The summed E-state index contributed by atoms with van der Waals surface area (Å²) in [7, 11) is 0. The van der Waals surface area contributed by atoms with Crippen LogP contribution in [0.3, 0.4) is 0 Å². The molecule has 0 aliphatic carbocycles. The number of nitrogens with one attached hydrogen (secondary N) is 1. The van der Waals surface area contributed by atoms with E-state index in [0.29, 0.717) is 31.7 Å². The van der Waals surface area contributed by atoms with Crippen LogP contribution < -0.4 is 16.2 Å². The summed E-state index contributed by atoms with van der Waals surface area (Å²) < 4.78 is 0. The minimum atomic E-state index is -1.24. The minimum absolute atomic E-state index is 0.188.